The van der Waals surface area contributed by atoms with Crippen LogP contribution in [-0.4, -0.2) is 64.4 Å². The molecule has 0 saturated carbocycles. The molecule has 0 spiro atoms. The van der Waals surface area contributed by atoms with E-state index in [1.807, 2.05) is 18.2 Å². The van der Waals surface area contributed by atoms with Crippen molar-refractivity contribution in [3.63, 3.8) is 0 Å². The molecule has 28 heavy (non-hydrogen) atoms. The van der Waals surface area contributed by atoms with Crippen LogP contribution in [0.5, 0.6) is 0 Å². The van der Waals surface area contributed by atoms with Crippen molar-refractivity contribution in [1.82, 2.24) is 25.8 Å². The lowest BCUT2D eigenvalue weighted by Gasteiger charge is -2.29. The minimum atomic E-state index is -4.82. The molecule has 0 aliphatic carbocycles. The van der Waals surface area contributed by atoms with Crippen molar-refractivity contribution in [3.8, 4) is 0 Å². The summed E-state index contributed by atoms with van der Waals surface area (Å²) in [7, 11) is -4.82. The molecule has 0 radical (unpaired) electrons. The predicted molar refractivity (Wildman–Crippen MR) is 94.2 cm³/mol. The summed E-state index contributed by atoms with van der Waals surface area (Å²) < 4.78 is 34.4. The second kappa shape index (κ2) is 9.43. The smallest absolute Gasteiger partial charge is 0.309 e. The molecule has 1 aromatic rings. The first kappa shape index (κ1) is 21.5. The zero-order chi connectivity index (χ0) is 20.7. The Labute approximate surface area is 161 Å². The zero-order valence-electron chi connectivity index (χ0n) is 15.0. The van der Waals surface area contributed by atoms with Gasteiger partial charge in [-0.25, -0.2) is 4.79 Å². The Bertz CT molecular complexity index is 778. The first-order chi connectivity index (χ1) is 13.2. The Hall–Kier alpha value is -2.77. The Morgan fingerprint density at radius 2 is 1.93 bits per heavy atom. The molecule has 154 valence electrons. The molecule has 2 atom stereocenters. The topological polar surface area (TPSA) is 158 Å². The number of nitrogens with zero attached hydrogens (tertiary/aromatic N) is 3. The zero-order valence-corrected chi connectivity index (χ0v) is 15.8. The van der Waals surface area contributed by atoms with Crippen LogP contribution in [-0.2, 0) is 24.3 Å². The van der Waals surface area contributed by atoms with Gasteiger partial charge in [-0.3, -0.25) is 30.0 Å². The average molecular weight is 415 g/mol. The van der Waals surface area contributed by atoms with Gasteiger partial charge in [-0.2, -0.15) is 13.5 Å². The van der Waals surface area contributed by atoms with E-state index in [4.69, 9.17) is 4.55 Å². The van der Waals surface area contributed by atoms with Crippen molar-refractivity contribution in [2.75, 3.05) is 6.54 Å². The molecule has 2 bridgehead atoms. The highest BCUT2D eigenvalue weighted by atomic mass is 32.3. The van der Waals surface area contributed by atoms with Gasteiger partial charge in [0.2, 0.25) is 5.91 Å². The summed E-state index contributed by atoms with van der Waals surface area (Å²) in [6.45, 7) is 1.70. The van der Waals surface area contributed by atoms with E-state index in [0.717, 1.165) is 4.90 Å². The van der Waals surface area contributed by atoms with Crippen LogP contribution in [0.3, 0.4) is 0 Å². The largest absolute Gasteiger partial charge is 0.418 e. The van der Waals surface area contributed by atoms with Crippen molar-refractivity contribution in [3.05, 3.63) is 30.6 Å². The van der Waals surface area contributed by atoms with Gasteiger partial charge in [0, 0.05) is 25.4 Å². The van der Waals surface area contributed by atoms with Crippen molar-refractivity contribution >= 4 is 28.2 Å². The number of pyridine rings is 1. The number of hydrazine groups is 1. The standard InChI is InChI=1S/C10H16N4O7S.C5H5N/c1-2-8(15)11-12-9(16)7-4-3-6-5-13(7)10(17)14(6)21-22(18,19)20;1-2-4-6-5-3-1/h6-7H,2-5H2,1H3,(H,11,15)(H,12,16)(H,18,19,20);1-5H/t6-,7+;/m1./s1. The van der Waals surface area contributed by atoms with Gasteiger partial charge in [-0.1, -0.05) is 13.0 Å². The molecule has 0 unspecified atom stereocenters. The fourth-order valence-corrected chi connectivity index (χ4v) is 3.11. The van der Waals surface area contributed by atoms with Crippen LogP contribution in [0.25, 0.3) is 0 Å². The van der Waals surface area contributed by atoms with Crippen LogP contribution >= 0.6 is 0 Å². The van der Waals surface area contributed by atoms with Crippen molar-refractivity contribution in [2.45, 2.75) is 38.3 Å². The predicted octanol–water partition coefficient (Wildman–Crippen LogP) is -0.372. The van der Waals surface area contributed by atoms with Gasteiger partial charge in [0.1, 0.15) is 6.04 Å². The Kier molecular flexibility index (Phi) is 7.25. The van der Waals surface area contributed by atoms with Gasteiger partial charge < -0.3 is 4.90 Å². The van der Waals surface area contributed by atoms with E-state index in [9.17, 15) is 22.8 Å². The monoisotopic (exact) mass is 415 g/mol. The minimum Gasteiger partial charge on any atom is -0.309 e. The molecule has 4 amide bonds. The fourth-order valence-electron chi connectivity index (χ4n) is 2.72. The van der Waals surface area contributed by atoms with Crippen LogP contribution in [0.1, 0.15) is 26.2 Å². The van der Waals surface area contributed by atoms with Gasteiger partial charge in [-0.05, 0) is 25.0 Å². The summed E-state index contributed by atoms with van der Waals surface area (Å²) in [6.07, 6.45) is 4.28. The van der Waals surface area contributed by atoms with E-state index in [1.165, 1.54) is 0 Å². The second-order valence-electron chi connectivity index (χ2n) is 5.93. The molecule has 3 heterocycles. The van der Waals surface area contributed by atoms with E-state index in [1.54, 1.807) is 19.3 Å². The number of hydrogen-bond donors (Lipinski definition) is 3. The molecule has 12 nitrogen and oxygen atoms in total. The van der Waals surface area contributed by atoms with E-state index >= 15 is 0 Å². The molecule has 3 rings (SSSR count). The first-order valence-electron chi connectivity index (χ1n) is 8.43. The first-order valence-corrected chi connectivity index (χ1v) is 9.80. The van der Waals surface area contributed by atoms with Crippen LogP contribution < -0.4 is 10.9 Å². The maximum atomic E-state index is 12.1. The number of fused-ring (bicyclic) bond motifs is 2. The maximum Gasteiger partial charge on any atom is 0.418 e. The van der Waals surface area contributed by atoms with Crippen LogP contribution in [0.2, 0.25) is 0 Å². The summed E-state index contributed by atoms with van der Waals surface area (Å²) in [4.78, 5) is 40.1. The highest BCUT2D eigenvalue weighted by Gasteiger charge is 2.49. The molecule has 1 aromatic heterocycles. The molecule has 2 saturated heterocycles. The number of hydroxylamine groups is 2. The lowest BCUT2D eigenvalue weighted by atomic mass is 10.0. The third-order valence-corrected chi connectivity index (χ3v) is 4.36. The number of aromatic nitrogens is 1. The molecular weight excluding hydrogens is 394 g/mol. The number of rotatable bonds is 4. The number of amides is 4. The molecule has 13 heteroatoms. The van der Waals surface area contributed by atoms with Gasteiger partial charge in [0.25, 0.3) is 5.91 Å². The minimum absolute atomic E-state index is 0.0914. The summed E-state index contributed by atoms with van der Waals surface area (Å²) >= 11 is 0. The van der Waals surface area contributed by atoms with E-state index in [0.29, 0.717) is 11.5 Å². The number of carbonyl (C=O) groups is 3. The highest BCUT2D eigenvalue weighted by molar-refractivity contribution is 7.80. The number of nitrogens with one attached hydrogen (secondary N) is 2. The summed E-state index contributed by atoms with van der Waals surface area (Å²) in [6, 6.07) is 3.47. The van der Waals surface area contributed by atoms with Crippen LogP contribution in [0.15, 0.2) is 30.6 Å². The molecule has 2 aliphatic rings. The summed E-state index contributed by atoms with van der Waals surface area (Å²) in [5.74, 6) is -0.964. The Morgan fingerprint density at radius 1 is 1.25 bits per heavy atom. The molecule has 2 fully saturated rings. The van der Waals surface area contributed by atoms with Crippen molar-refractivity contribution in [2.24, 2.45) is 0 Å². The van der Waals surface area contributed by atoms with E-state index < -0.39 is 34.4 Å². The normalized spacial score (nSPS) is 20.9. The second-order valence-corrected chi connectivity index (χ2v) is 6.93. The van der Waals surface area contributed by atoms with Gasteiger partial charge in [0.15, 0.2) is 0 Å². The Morgan fingerprint density at radius 3 is 2.43 bits per heavy atom. The lowest BCUT2D eigenvalue weighted by molar-refractivity contribution is -0.131. The molecular formula is C15H21N5O7S. The highest BCUT2D eigenvalue weighted by Crippen LogP contribution is 2.30. The average Bonchev–Trinajstić information content (AvgIpc) is 2.91. The maximum absolute atomic E-state index is 12.1. The number of hydrogen-bond acceptors (Lipinski definition) is 7. The van der Waals surface area contributed by atoms with E-state index in [-0.39, 0.29) is 25.3 Å². The van der Waals surface area contributed by atoms with Crippen molar-refractivity contribution < 1.29 is 31.6 Å². The summed E-state index contributed by atoms with van der Waals surface area (Å²) in [5.41, 5.74) is 4.40. The molecule has 3 N–H and O–H groups in total. The quantitative estimate of drug-likeness (QED) is 0.444. The van der Waals surface area contributed by atoms with Crippen LogP contribution in [0.4, 0.5) is 4.79 Å². The van der Waals surface area contributed by atoms with Crippen LogP contribution in [0, 0.1) is 0 Å². The number of piperidine rings is 1. The SMILES string of the molecule is CCC(=O)NNC(=O)[C@@H]1CC[C@@H]2CN1C(=O)N2OS(=O)(=O)O.c1ccncc1. The van der Waals surface area contributed by atoms with E-state index in [2.05, 4.69) is 20.1 Å². The number of carbonyl (C=O) groups excluding carboxylic acids is 3. The summed E-state index contributed by atoms with van der Waals surface area (Å²) in [5, 5.41) is 0.549. The third-order valence-electron chi connectivity index (χ3n) is 4.01. The Balaban J connectivity index is 0.000000397. The number of urea groups is 1. The van der Waals surface area contributed by atoms with Crippen molar-refractivity contribution in [1.29, 1.82) is 0 Å². The fraction of sp³-hybridized carbons (Fsp3) is 0.467. The van der Waals surface area contributed by atoms with Gasteiger partial charge >= 0.3 is 16.4 Å². The third kappa shape index (κ3) is 5.87. The molecule has 0 aromatic carbocycles. The van der Waals surface area contributed by atoms with Gasteiger partial charge in [-0.15, -0.1) is 4.28 Å². The van der Waals surface area contributed by atoms with Gasteiger partial charge in [0.05, 0.1) is 6.04 Å². The molecule has 2 aliphatic heterocycles. The lowest BCUT2D eigenvalue weighted by Crippen LogP contribution is -2.54.